The highest BCUT2D eigenvalue weighted by Crippen LogP contribution is 2.26. The van der Waals surface area contributed by atoms with Gasteiger partial charge in [0.15, 0.2) is 0 Å². The van der Waals surface area contributed by atoms with E-state index in [1.807, 2.05) is 0 Å². The minimum atomic E-state index is -1.24. The van der Waals surface area contributed by atoms with Crippen LogP contribution >= 0.6 is 0 Å². The Morgan fingerprint density at radius 2 is 2.12 bits per heavy atom. The minimum absolute atomic E-state index is 0.0770. The van der Waals surface area contributed by atoms with Crippen molar-refractivity contribution in [1.29, 1.82) is 0 Å². The van der Waals surface area contributed by atoms with Gasteiger partial charge in [-0.05, 0) is 19.1 Å². The van der Waals surface area contributed by atoms with Crippen LogP contribution in [-0.4, -0.2) is 18.2 Å². The maximum Gasteiger partial charge on any atom is 0.338 e. The van der Waals surface area contributed by atoms with E-state index in [1.54, 1.807) is 0 Å². The number of ether oxygens (including phenoxy) is 1. The highest BCUT2D eigenvalue weighted by atomic mass is 19.1. The fourth-order valence-electron chi connectivity index (χ4n) is 1.21. The summed E-state index contributed by atoms with van der Waals surface area (Å²) in [7, 11) is 1.23. The number of halogens is 1. The van der Waals surface area contributed by atoms with Crippen LogP contribution in [0.2, 0.25) is 0 Å². The second-order valence-corrected chi connectivity index (χ2v) is 2.86. The van der Waals surface area contributed by atoms with Gasteiger partial charge in [0.25, 0.3) is 0 Å². The number of hydrogen-bond donors (Lipinski definition) is 0. The molecule has 1 rings (SSSR count). The van der Waals surface area contributed by atoms with Crippen LogP contribution in [0.5, 0.6) is 5.75 Å². The predicted octanol–water partition coefficient (Wildman–Crippen LogP) is 1.49. The number of methoxy groups -OCH3 is 1. The fourth-order valence-corrected chi connectivity index (χ4v) is 1.21. The second kappa shape index (κ2) is 4.56. The zero-order valence-electron chi connectivity index (χ0n) is 8.52. The summed E-state index contributed by atoms with van der Waals surface area (Å²) in [5.74, 6) is -1.86. The number of rotatable bonds is 3. The van der Waals surface area contributed by atoms with Crippen molar-refractivity contribution in [3.8, 4) is 5.75 Å². The van der Waals surface area contributed by atoms with Crippen molar-refractivity contribution in [3.63, 3.8) is 0 Å². The molecule has 0 saturated heterocycles. The van der Waals surface area contributed by atoms with Gasteiger partial charge in [-0.1, -0.05) is 0 Å². The number of carbonyl (C=O) groups excluding carboxylic acids is 1. The standard InChI is InChI=1S/C9H8FNO5/c1-5-7(10)4-3-6(8(5)15-2)9(12)16-11(13)14/h3-4H,1-2H3. The lowest BCUT2D eigenvalue weighted by atomic mass is 10.1. The van der Waals surface area contributed by atoms with Gasteiger partial charge < -0.3 is 4.74 Å². The lowest BCUT2D eigenvalue weighted by Crippen LogP contribution is -2.12. The molecule has 6 nitrogen and oxygen atoms in total. The van der Waals surface area contributed by atoms with Crippen molar-refractivity contribution in [2.45, 2.75) is 6.92 Å². The Labute approximate surface area is 89.7 Å². The van der Waals surface area contributed by atoms with E-state index in [9.17, 15) is 19.3 Å². The monoisotopic (exact) mass is 229 g/mol. The number of hydrogen-bond acceptors (Lipinski definition) is 5. The van der Waals surface area contributed by atoms with E-state index in [0.29, 0.717) is 0 Å². The first-order chi connectivity index (χ1) is 7.47. The van der Waals surface area contributed by atoms with Crippen molar-refractivity contribution in [1.82, 2.24) is 0 Å². The molecule has 0 heterocycles. The summed E-state index contributed by atoms with van der Waals surface area (Å²) in [4.78, 5) is 25.0. The normalized spacial score (nSPS) is 9.69. The molecule has 0 amide bonds. The molecule has 0 atom stereocenters. The summed E-state index contributed by atoms with van der Waals surface area (Å²) in [5, 5.41) is 8.75. The molecule has 0 spiro atoms. The Balaban J connectivity index is 3.18. The van der Waals surface area contributed by atoms with Crippen LogP contribution in [0.4, 0.5) is 4.39 Å². The molecule has 0 aliphatic heterocycles. The first kappa shape index (κ1) is 11.9. The summed E-state index contributed by atoms with van der Waals surface area (Å²) in [6.07, 6.45) is 0. The molecule has 0 N–H and O–H groups in total. The van der Waals surface area contributed by atoms with Crippen LogP contribution in [0.1, 0.15) is 15.9 Å². The van der Waals surface area contributed by atoms with Crippen molar-refractivity contribution >= 4 is 5.97 Å². The fraction of sp³-hybridized carbons (Fsp3) is 0.222. The van der Waals surface area contributed by atoms with E-state index >= 15 is 0 Å². The zero-order chi connectivity index (χ0) is 12.3. The lowest BCUT2D eigenvalue weighted by molar-refractivity contribution is -0.727. The highest BCUT2D eigenvalue weighted by Gasteiger charge is 2.19. The number of carbonyl (C=O) groups is 1. The van der Waals surface area contributed by atoms with E-state index in [-0.39, 0.29) is 16.9 Å². The summed E-state index contributed by atoms with van der Waals surface area (Å²) in [6, 6.07) is 2.07. The quantitative estimate of drug-likeness (QED) is 0.579. The summed E-state index contributed by atoms with van der Waals surface area (Å²) < 4.78 is 17.9. The van der Waals surface area contributed by atoms with Crippen LogP contribution in [0.25, 0.3) is 0 Å². The molecule has 0 bridgehead atoms. The Kier molecular flexibility index (Phi) is 3.39. The smallest absolute Gasteiger partial charge is 0.338 e. The van der Waals surface area contributed by atoms with Crippen LogP contribution in [-0.2, 0) is 4.84 Å². The molecule has 0 aliphatic rings. The maximum absolute atomic E-state index is 13.1. The van der Waals surface area contributed by atoms with Gasteiger partial charge in [0, 0.05) is 5.56 Å². The van der Waals surface area contributed by atoms with Crippen LogP contribution in [0, 0.1) is 22.9 Å². The van der Waals surface area contributed by atoms with Crippen LogP contribution in [0.15, 0.2) is 12.1 Å². The minimum Gasteiger partial charge on any atom is -0.496 e. The first-order valence-corrected chi connectivity index (χ1v) is 4.17. The third kappa shape index (κ3) is 2.25. The largest absolute Gasteiger partial charge is 0.496 e. The average molecular weight is 229 g/mol. The van der Waals surface area contributed by atoms with Crippen molar-refractivity contribution < 1.29 is 23.8 Å². The molecule has 7 heteroatoms. The van der Waals surface area contributed by atoms with E-state index in [4.69, 9.17) is 4.74 Å². The Morgan fingerprint density at radius 3 is 2.62 bits per heavy atom. The van der Waals surface area contributed by atoms with Crippen molar-refractivity contribution in [3.05, 3.63) is 39.2 Å². The summed E-state index contributed by atoms with van der Waals surface area (Å²) >= 11 is 0. The molecule has 0 fully saturated rings. The highest BCUT2D eigenvalue weighted by molar-refractivity contribution is 5.92. The van der Waals surface area contributed by atoms with E-state index in [2.05, 4.69) is 4.84 Å². The van der Waals surface area contributed by atoms with Gasteiger partial charge in [-0.25, -0.2) is 9.23 Å². The van der Waals surface area contributed by atoms with Crippen molar-refractivity contribution in [2.75, 3.05) is 7.11 Å². The topological polar surface area (TPSA) is 78.7 Å². The van der Waals surface area contributed by atoms with E-state index in [0.717, 1.165) is 12.1 Å². The van der Waals surface area contributed by atoms with Crippen LogP contribution in [0.3, 0.4) is 0 Å². The molecule has 1 aromatic rings. The van der Waals surface area contributed by atoms with Gasteiger partial charge in [0.05, 0.1) is 12.7 Å². The molecule has 0 unspecified atom stereocenters. The third-order valence-corrected chi connectivity index (χ3v) is 1.92. The molecular formula is C9H8FNO5. The van der Waals surface area contributed by atoms with Gasteiger partial charge >= 0.3 is 11.1 Å². The average Bonchev–Trinajstić information content (AvgIpc) is 2.20. The summed E-state index contributed by atoms with van der Waals surface area (Å²) in [5.41, 5.74) is -0.113. The third-order valence-electron chi connectivity index (χ3n) is 1.92. The Bertz CT molecular complexity index is 446. The van der Waals surface area contributed by atoms with Gasteiger partial charge in [-0.2, -0.15) is 0 Å². The molecule has 86 valence electrons. The van der Waals surface area contributed by atoms with Gasteiger partial charge in [0.1, 0.15) is 11.6 Å². The number of nitrogens with zero attached hydrogens (tertiary/aromatic N) is 1. The molecular weight excluding hydrogens is 221 g/mol. The molecule has 0 aromatic heterocycles. The van der Waals surface area contributed by atoms with Gasteiger partial charge in [-0.3, -0.25) is 4.79 Å². The summed E-state index contributed by atoms with van der Waals surface area (Å²) in [6.45, 7) is 1.39. The van der Waals surface area contributed by atoms with E-state index in [1.165, 1.54) is 14.0 Å². The van der Waals surface area contributed by atoms with Crippen molar-refractivity contribution in [2.24, 2.45) is 0 Å². The Hall–Kier alpha value is -2.18. The van der Waals surface area contributed by atoms with E-state index < -0.39 is 16.9 Å². The predicted molar refractivity (Wildman–Crippen MR) is 50.1 cm³/mol. The molecule has 16 heavy (non-hydrogen) atoms. The SMILES string of the molecule is COc1c(C(=O)O[N+](=O)[O-])ccc(F)c1C. The second-order valence-electron chi connectivity index (χ2n) is 2.86. The van der Waals surface area contributed by atoms with Crippen LogP contribution < -0.4 is 4.74 Å². The molecule has 1 aromatic carbocycles. The molecule has 0 aliphatic carbocycles. The molecule has 0 radical (unpaired) electrons. The lowest BCUT2D eigenvalue weighted by Gasteiger charge is -2.09. The van der Waals surface area contributed by atoms with Gasteiger partial charge in [-0.15, -0.1) is 10.1 Å². The zero-order valence-corrected chi connectivity index (χ0v) is 8.52. The number of benzene rings is 1. The molecule has 0 saturated carbocycles. The first-order valence-electron chi connectivity index (χ1n) is 4.17. The van der Waals surface area contributed by atoms with Gasteiger partial charge in [0.2, 0.25) is 0 Å². The maximum atomic E-state index is 13.1. The Morgan fingerprint density at radius 1 is 1.50 bits per heavy atom.